The van der Waals surface area contributed by atoms with Crippen LogP contribution in [-0.2, 0) is 5.41 Å². The molecule has 0 N–H and O–H groups in total. The van der Waals surface area contributed by atoms with Crippen molar-refractivity contribution in [3.05, 3.63) is 28.7 Å². The van der Waals surface area contributed by atoms with Gasteiger partial charge in [-0.25, -0.2) is 9.50 Å². The zero-order chi connectivity index (χ0) is 11.9. The number of carbonyl (C=O) groups is 1. The van der Waals surface area contributed by atoms with Gasteiger partial charge in [0.25, 0.3) is 0 Å². The molecule has 0 radical (unpaired) electrons. The Morgan fingerprint density at radius 3 is 2.69 bits per heavy atom. The van der Waals surface area contributed by atoms with Crippen molar-refractivity contribution in [2.24, 2.45) is 0 Å². The maximum Gasteiger partial charge on any atom is 0.167 e. The Labute approximate surface area is 98.2 Å². The summed E-state index contributed by atoms with van der Waals surface area (Å²) in [6.45, 7) is 6.01. The van der Waals surface area contributed by atoms with Crippen LogP contribution in [0.15, 0.2) is 12.3 Å². The van der Waals surface area contributed by atoms with Crippen LogP contribution in [0.25, 0.3) is 5.65 Å². The van der Waals surface area contributed by atoms with Gasteiger partial charge in [0.15, 0.2) is 11.9 Å². The van der Waals surface area contributed by atoms with Crippen LogP contribution < -0.4 is 0 Å². The number of aldehydes is 1. The number of nitrogens with zero attached hydrogens (tertiary/aromatic N) is 3. The van der Waals surface area contributed by atoms with Gasteiger partial charge in [-0.05, 0) is 6.07 Å². The first-order chi connectivity index (χ1) is 7.43. The summed E-state index contributed by atoms with van der Waals surface area (Å²) in [5.74, 6) is 0. The molecule has 0 atom stereocenters. The number of carbonyl (C=O) groups excluding carboxylic acids is 1. The second kappa shape index (κ2) is 3.56. The zero-order valence-electron chi connectivity index (χ0n) is 9.36. The van der Waals surface area contributed by atoms with Crippen molar-refractivity contribution in [3.8, 4) is 0 Å². The van der Waals surface area contributed by atoms with Gasteiger partial charge in [0.05, 0.1) is 11.3 Å². The van der Waals surface area contributed by atoms with Crippen LogP contribution >= 0.6 is 11.6 Å². The first-order valence-corrected chi connectivity index (χ1v) is 5.32. The van der Waals surface area contributed by atoms with Crippen molar-refractivity contribution in [2.45, 2.75) is 26.2 Å². The predicted octanol–water partition coefficient (Wildman–Crippen LogP) is 2.49. The smallest absolute Gasteiger partial charge is 0.167 e. The molecular formula is C11H12ClN3O. The van der Waals surface area contributed by atoms with Crippen molar-refractivity contribution >= 4 is 23.5 Å². The first kappa shape index (κ1) is 11.1. The number of fused-ring (bicyclic) bond motifs is 1. The first-order valence-electron chi connectivity index (χ1n) is 4.94. The number of hydrogen-bond acceptors (Lipinski definition) is 3. The molecule has 0 saturated heterocycles. The van der Waals surface area contributed by atoms with Gasteiger partial charge < -0.3 is 0 Å². The molecule has 4 nitrogen and oxygen atoms in total. The topological polar surface area (TPSA) is 47.3 Å². The summed E-state index contributed by atoms with van der Waals surface area (Å²) in [6.07, 6.45) is 2.49. The van der Waals surface area contributed by atoms with Crippen molar-refractivity contribution in [2.75, 3.05) is 0 Å². The van der Waals surface area contributed by atoms with E-state index in [0.29, 0.717) is 16.4 Å². The highest BCUT2D eigenvalue weighted by Crippen LogP contribution is 2.26. The van der Waals surface area contributed by atoms with Crippen LogP contribution in [0.3, 0.4) is 0 Å². The van der Waals surface area contributed by atoms with E-state index in [1.807, 2.05) is 20.8 Å². The van der Waals surface area contributed by atoms with Crippen LogP contribution in [0.4, 0.5) is 0 Å². The van der Waals surface area contributed by atoms with Crippen LogP contribution in [0, 0.1) is 0 Å². The highest BCUT2D eigenvalue weighted by atomic mass is 35.5. The Kier molecular flexibility index (Phi) is 2.46. The highest BCUT2D eigenvalue weighted by molar-refractivity contribution is 6.29. The molecule has 2 heterocycles. The fraction of sp³-hybridized carbons (Fsp3) is 0.364. The van der Waals surface area contributed by atoms with Gasteiger partial charge in [-0.15, -0.1) is 0 Å². The van der Waals surface area contributed by atoms with Gasteiger partial charge in [0, 0.05) is 11.6 Å². The molecule has 2 aromatic heterocycles. The van der Waals surface area contributed by atoms with E-state index in [2.05, 4.69) is 10.1 Å². The molecule has 0 bridgehead atoms. The molecule has 0 aliphatic rings. The number of hydrogen-bond donors (Lipinski definition) is 0. The van der Waals surface area contributed by atoms with Gasteiger partial charge in [0.1, 0.15) is 5.15 Å². The predicted molar refractivity (Wildman–Crippen MR) is 62.1 cm³/mol. The summed E-state index contributed by atoms with van der Waals surface area (Å²) in [7, 11) is 0. The summed E-state index contributed by atoms with van der Waals surface area (Å²) in [4.78, 5) is 15.2. The molecule has 0 unspecified atom stereocenters. The zero-order valence-corrected chi connectivity index (χ0v) is 10.1. The number of rotatable bonds is 1. The summed E-state index contributed by atoms with van der Waals surface area (Å²) in [5, 5.41) is 4.72. The molecule has 2 aromatic rings. The molecule has 0 spiro atoms. The third-order valence-electron chi connectivity index (χ3n) is 2.32. The van der Waals surface area contributed by atoms with Gasteiger partial charge in [-0.3, -0.25) is 4.79 Å². The maximum atomic E-state index is 11.1. The lowest BCUT2D eigenvalue weighted by Gasteiger charge is -2.15. The monoisotopic (exact) mass is 237 g/mol. The molecule has 2 rings (SSSR count). The Morgan fingerprint density at radius 1 is 1.44 bits per heavy atom. The van der Waals surface area contributed by atoms with Gasteiger partial charge in [-0.2, -0.15) is 5.10 Å². The van der Waals surface area contributed by atoms with E-state index in [1.165, 1.54) is 0 Å². The number of halogens is 1. The molecule has 0 aliphatic heterocycles. The van der Waals surface area contributed by atoms with Crippen LogP contribution in [0.2, 0.25) is 5.15 Å². The van der Waals surface area contributed by atoms with Crippen LogP contribution in [0.1, 0.15) is 36.8 Å². The standard InChI is InChI=1S/C11H12ClN3O/c1-11(2,3)9-7(6-16)10-13-8(12)4-5-15(10)14-9/h4-6H,1-3H3. The molecule has 84 valence electrons. The van der Waals surface area contributed by atoms with E-state index < -0.39 is 0 Å². The minimum atomic E-state index is -0.198. The minimum Gasteiger partial charge on any atom is -0.298 e. The molecule has 0 aromatic carbocycles. The van der Waals surface area contributed by atoms with E-state index in [9.17, 15) is 4.79 Å². The van der Waals surface area contributed by atoms with Crippen LogP contribution in [-0.4, -0.2) is 20.9 Å². The molecule has 5 heteroatoms. The SMILES string of the molecule is CC(C)(C)c1nn2ccc(Cl)nc2c1C=O. The third kappa shape index (κ3) is 1.69. The van der Waals surface area contributed by atoms with Crippen molar-refractivity contribution in [3.63, 3.8) is 0 Å². The van der Waals surface area contributed by atoms with Crippen LogP contribution in [0.5, 0.6) is 0 Å². The van der Waals surface area contributed by atoms with E-state index in [-0.39, 0.29) is 5.41 Å². The Bertz CT molecular complexity index is 554. The molecule has 0 fully saturated rings. The average Bonchev–Trinajstić information content (AvgIpc) is 2.54. The van der Waals surface area contributed by atoms with Gasteiger partial charge in [-0.1, -0.05) is 32.4 Å². The Hall–Kier alpha value is -1.42. The van der Waals surface area contributed by atoms with E-state index in [4.69, 9.17) is 11.6 Å². The average molecular weight is 238 g/mol. The quantitative estimate of drug-likeness (QED) is 0.566. The molecule has 0 aliphatic carbocycles. The minimum absolute atomic E-state index is 0.198. The fourth-order valence-electron chi connectivity index (χ4n) is 1.59. The molecular weight excluding hydrogens is 226 g/mol. The van der Waals surface area contributed by atoms with Gasteiger partial charge >= 0.3 is 0 Å². The molecule has 0 amide bonds. The lowest BCUT2D eigenvalue weighted by Crippen LogP contribution is -2.14. The maximum absolute atomic E-state index is 11.1. The normalized spacial score (nSPS) is 12.0. The lowest BCUT2D eigenvalue weighted by atomic mass is 9.90. The fourth-order valence-corrected chi connectivity index (χ4v) is 1.72. The summed E-state index contributed by atoms with van der Waals surface area (Å²) < 4.78 is 1.58. The Morgan fingerprint density at radius 2 is 2.12 bits per heavy atom. The van der Waals surface area contributed by atoms with E-state index in [0.717, 1.165) is 12.0 Å². The second-order valence-electron chi connectivity index (χ2n) is 4.65. The van der Waals surface area contributed by atoms with E-state index >= 15 is 0 Å². The van der Waals surface area contributed by atoms with Crippen molar-refractivity contribution < 1.29 is 4.79 Å². The molecule has 16 heavy (non-hydrogen) atoms. The summed E-state index contributed by atoms with van der Waals surface area (Å²) in [5.41, 5.74) is 1.55. The Balaban J connectivity index is 2.82. The lowest BCUT2D eigenvalue weighted by molar-refractivity contribution is 0.112. The third-order valence-corrected chi connectivity index (χ3v) is 2.53. The summed E-state index contributed by atoms with van der Waals surface area (Å²) >= 11 is 5.80. The van der Waals surface area contributed by atoms with Gasteiger partial charge in [0.2, 0.25) is 0 Å². The second-order valence-corrected chi connectivity index (χ2v) is 5.04. The highest BCUT2D eigenvalue weighted by Gasteiger charge is 2.24. The summed E-state index contributed by atoms with van der Waals surface area (Å²) in [6, 6.07) is 1.64. The largest absolute Gasteiger partial charge is 0.298 e. The molecule has 0 saturated carbocycles. The van der Waals surface area contributed by atoms with Crippen molar-refractivity contribution in [1.29, 1.82) is 0 Å². The van der Waals surface area contributed by atoms with E-state index in [1.54, 1.807) is 16.8 Å². The van der Waals surface area contributed by atoms with Crippen molar-refractivity contribution in [1.82, 2.24) is 14.6 Å². The number of aromatic nitrogens is 3.